The summed E-state index contributed by atoms with van der Waals surface area (Å²) in [6.07, 6.45) is 1.86. The highest BCUT2D eigenvalue weighted by atomic mass is 32.2. The van der Waals surface area contributed by atoms with Crippen molar-refractivity contribution in [1.29, 1.82) is 0 Å². The Balaban J connectivity index is 4.13. The fraction of sp³-hybridized carbons (Fsp3) is 0.750. The molecule has 9 heteroatoms. The lowest BCUT2D eigenvalue weighted by molar-refractivity contribution is -0.486. The molecule has 13 heavy (non-hydrogen) atoms. The fourth-order valence-corrected chi connectivity index (χ4v) is 0.901. The Bertz CT molecular complexity index is 198. The van der Waals surface area contributed by atoms with Crippen molar-refractivity contribution < 1.29 is 10.2 Å². The van der Waals surface area contributed by atoms with Gasteiger partial charge in [0, 0.05) is 12.3 Å². The highest BCUT2D eigenvalue weighted by molar-refractivity contribution is 7.98. The van der Waals surface area contributed by atoms with Crippen molar-refractivity contribution in [3.8, 4) is 0 Å². The van der Waals surface area contributed by atoms with Gasteiger partial charge in [-0.25, -0.2) is 15.1 Å². The SMILES string of the molecule is CSCCN(NO)C(N)=N[N+](=O)[O-]. The van der Waals surface area contributed by atoms with Crippen LogP contribution in [0.4, 0.5) is 0 Å². The number of nitrogens with two attached hydrogens (primary N) is 1. The molecule has 0 aromatic carbocycles. The molecule has 0 heterocycles. The molecule has 0 radical (unpaired) electrons. The van der Waals surface area contributed by atoms with Crippen LogP contribution in [0.1, 0.15) is 0 Å². The molecule has 0 saturated carbocycles. The largest absolute Gasteiger partial charge is 0.363 e. The van der Waals surface area contributed by atoms with E-state index in [-0.39, 0.29) is 5.96 Å². The maximum Gasteiger partial charge on any atom is 0.284 e. The van der Waals surface area contributed by atoms with Crippen molar-refractivity contribution >= 4 is 17.7 Å². The standard InChI is InChI=1S/C4H11N5O3S/c1-13-3-2-8(7-10)4(5)6-9(11)12/h7,10H,2-3H2,1H3,(H2,5,6). The zero-order valence-electron chi connectivity index (χ0n) is 7.01. The van der Waals surface area contributed by atoms with E-state index < -0.39 is 5.03 Å². The van der Waals surface area contributed by atoms with Crippen LogP contribution >= 0.6 is 11.8 Å². The first-order valence-electron chi connectivity index (χ1n) is 3.26. The van der Waals surface area contributed by atoms with Gasteiger partial charge in [-0.2, -0.15) is 11.8 Å². The zero-order chi connectivity index (χ0) is 10.3. The maximum atomic E-state index is 9.90. The van der Waals surface area contributed by atoms with E-state index in [2.05, 4.69) is 5.10 Å². The van der Waals surface area contributed by atoms with Crippen LogP contribution in [0.15, 0.2) is 5.10 Å². The molecule has 0 aliphatic rings. The normalized spacial score (nSPS) is 11.4. The molecular formula is C4H11N5O3S. The van der Waals surface area contributed by atoms with Gasteiger partial charge in [0.05, 0.1) is 0 Å². The van der Waals surface area contributed by atoms with Crippen LogP contribution in [0.5, 0.6) is 0 Å². The number of thioether (sulfide) groups is 1. The van der Waals surface area contributed by atoms with E-state index in [1.54, 1.807) is 5.59 Å². The van der Waals surface area contributed by atoms with Gasteiger partial charge in [-0.1, -0.05) is 0 Å². The van der Waals surface area contributed by atoms with Crippen LogP contribution in [0.25, 0.3) is 0 Å². The van der Waals surface area contributed by atoms with Gasteiger partial charge < -0.3 is 5.73 Å². The molecule has 0 aliphatic carbocycles. The van der Waals surface area contributed by atoms with E-state index in [0.29, 0.717) is 12.3 Å². The molecule has 76 valence electrons. The quantitative estimate of drug-likeness (QED) is 0.231. The first kappa shape index (κ1) is 11.9. The van der Waals surface area contributed by atoms with E-state index >= 15 is 0 Å². The third-order valence-electron chi connectivity index (χ3n) is 1.10. The van der Waals surface area contributed by atoms with Crippen molar-refractivity contribution in [2.24, 2.45) is 10.8 Å². The second-order valence-corrected chi connectivity index (χ2v) is 2.93. The van der Waals surface area contributed by atoms with Gasteiger partial charge >= 0.3 is 0 Å². The van der Waals surface area contributed by atoms with Gasteiger partial charge in [0.2, 0.25) is 0 Å². The van der Waals surface area contributed by atoms with Gasteiger partial charge in [-0.05, 0) is 6.26 Å². The number of hydrogen-bond acceptors (Lipinski definition) is 5. The monoisotopic (exact) mass is 209 g/mol. The Morgan fingerprint density at radius 2 is 2.54 bits per heavy atom. The average Bonchev–Trinajstić information content (AvgIpc) is 2.04. The molecule has 0 atom stereocenters. The molecular weight excluding hydrogens is 198 g/mol. The molecule has 0 aromatic rings. The van der Waals surface area contributed by atoms with Crippen molar-refractivity contribution in [1.82, 2.24) is 10.6 Å². The summed E-state index contributed by atoms with van der Waals surface area (Å²) in [5.41, 5.74) is 6.87. The Labute approximate surface area is 78.8 Å². The minimum absolute atomic E-state index is 0.320. The molecule has 0 unspecified atom stereocenters. The summed E-state index contributed by atoms with van der Waals surface area (Å²) < 4.78 is 0. The highest BCUT2D eigenvalue weighted by Gasteiger charge is 2.09. The molecule has 0 aliphatic heterocycles. The molecule has 0 rings (SSSR count). The van der Waals surface area contributed by atoms with Crippen LogP contribution in [0, 0.1) is 10.1 Å². The topological polar surface area (TPSA) is 117 Å². The number of rotatable bonds is 5. The summed E-state index contributed by atoms with van der Waals surface area (Å²) in [5, 5.41) is 21.3. The number of hydrogen-bond donors (Lipinski definition) is 3. The Kier molecular flexibility index (Phi) is 5.93. The minimum Gasteiger partial charge on any atom is -0.363 e. The molecule has 0 bridgehead atoms. The minimum atomic E-state index is -0.932. The highest BCUT2D eigenvalue weighted by Crippen LogP contribution is 1.92. The Morgan fingerprint density at radius 1 is 1.92 bits per heavy atom. The second kappa shape index (κ2) is 6.46. The van der Waals surface area contributed by atoms with Crippen LogP contribution in [-0.4, -0.2) is 39.8 Å². The van der Waals surface area contributed by atoms with E-state index in [0.717, 1.165) is 5.01 Å². The third-order valence-corrected chi connectivity index (χ3v) is 1.69. The van der Waals surface area contributed by atoms with E-state index in [9.17, 15) is 10.1 Å². The van der Waals surface area contributed by atoms with Gasteiger partial charge in [0.15, 0.2) is 5.03 Å². The average molecular weight is 209 g/mol. The predicted octanol–water partition coefficient (Wildman–Crippen LogP) is -0.948. The summed E-state index contributed by atoms with van der Waals surface area (Å²) in [4.78, 5) is 9.90. The van der Waals surface area contributed by atoms with Gasteiger partial charge in [0.1, 0.15) is 5.10 Å². The van der Waals surface area contributed by atoms with Gasteiger partial charge in [-0.15, -0.1) is 5.59 Å². The van der Waals surface area contributed by atoms with Crippen molar-refractivity contribution in [3.05, 3.63) is 10.1 Å². The Morgan fingerprint density at radius 3 is 2.92 bits per heavy atom. The second-order valence-electron chi connectivity index (χ2n) is 1.94. The lowest BCUT2D eigenvalue weighted by Gasteiger charge is -2.17. The first-order chi connectivity index (χ1) is 6.11. The van der Waals surface area contributed by atoms with Crippen LogP contribution in [-0.2, 0) is 0 Å². The van der Waals surface area contributed by atoms with Crippen molar-refractivity contribution in [3.63, 3.8) is 0 Å². The smallest absolute Gasteiger partial charge is 0.284 e. The summed E-state index contributed by atoms with van der Waals surface area (Å²) in [7, 11) is 0. The number of nitrogens with zero attached hydrogens (tertiary/aromatic N) is 3. The van der Waals surface area contributed by atoms with E-state index in [1.165, 1.54) is 11.8 Å². The van der Waals surface area contributed by atoms with Crippen molar-refractivity contribution in [2.75, 3.05) is 18.6 Å². The Hall–Kier alpha value is -1.06. The summed E-state index contributed by atoms with van der Waals surface area (Å²) >= 11 is 1.51. The molecule has 4 N–H and O–H groups in total. The molecule has 0 aromatic heterocycles. The summed E-state index contributed by atoms with van der Waals surface area (Å²) in [6.45, 7) is 0.320. The summed E-state index contributed by atoms with van der Waals surface area (Å²) in [6, 6.07) is 0. The van der Waals surface area contributed by atoms with Crippen LogP contribution in [0.2, 0.25) is 0 Å². The predicted molar refractivity (Wildman–Crippen MR) is 48.6 cm³/mol. The van der Waals surface area contributed by atoms with Crippen LogP contribution in [0.3, 0.4) is 0 Å². The lowest BCUT2D eigenvalue weighted by atomic mass is 10.7. The number of nitro groups is 1. The molecule has 0 spiro atoms. The molecule has 0 fully saturated rings. The zero-order valence-corrected chi connectivity index (χ0v) is 7.82. The van der Waals surface area contributed by atoms with Gasteiger partial charge in [0.25, 0.3) is 5.96 Å². The van der Waals surface area contributed by atoms with Crippen LogP contribution < -0.4 is 11.3 Å². The van der Waals surface area contributed by atoms with E-state index in [4.69, 9.17) is 10.9 Å². The first-order valence-corrected chi connectivity index (χ1v) is 4.66. The molecule has 0 amide bonds. The fourth-order valence-electron chi connectivity index (χ4n) is 0.536. The van der Waals surface area contributed by atoms with Gasteiger partial charge in [-0.3, -0.25) is 5.21 Å². The van der Waals surface area contributed by atoms with Crippen molar-refractivity contribution in [2.45, 2.75) is 0 Å². The number of hydrazone groups is 1. The third kappa shape index (κ3) is 5.22. The number of guanidine groups is 1. The summed E-state index contributed by atoms with van der Waals surface area (Å²) in [5.74, 6) is 0.267. The van der Waals surface area contributed by atoms with E-state index in [1.807, 2.05) is 6.26 Å². The number of nitrogens with one attached hydrogen (secondary N) is 1. The number of hydrazine groups is 1. The maximum absolute atomic E-state index is 9.90. The lowest BCUT2D eigenvalue weighted by Crippen LogP contribution is -2.47. The molecule has 0 saturated heterocycles. The molecule has 8 nitrogen and oxygen atoms in total.